The third kappa shape index (κ3) is 6.42. The smallest absolute Gasteiger partial charge is 0.247 e. The lowest BCUT2D eigenvalue weighted by Crippen LogP contribution is -2.20. The number of unbranched alkanes of at least 4 members (excludes halogenated alkanes) is 2. The van der Waals surface area contributed by atoms with Crippen molar-refractivity contribution >= 4 is 5.91 Å². The lowest BCUT2D eigenvalue weighted by atomic mass is 9.89. The van der Waals surface area contributed by atoms with Crippen LogP contribution in [0.4, 0.5) is 0 Å². The molecule has 1 aliphatic carbocycles. The lowest BCUT2D eigenvalue weighted by Gasteiger charge is -2.19. The van der Waals surface area contributed by atoms with E-state index in [4.69, 9.17) is 5.11 Å². The summed E-state index contributed by atoms with van der Waals surface area (Å²) in [5.74, 6) is -0.213. The lowest BCUT2D eigenvalue weighted by molar-refractivity contribution is -0.114. The molecule has 1 saturated heterocycles. The molecule has 0 spiro atoms. The standard InChI is InChI=1S/C21H35NO5/c1-2-3-5-8-15(24)11-12-17-16(19(25)13-20(17)26)9-6-4-7-10-18-21(27)22(18)14-23/h4,6,11-12,15-20,23-26H,2-3,5,7-10,13-14H2,1H3/b6-4-,12-11+/t15-,16+,17+,18?,19-,20+,22?/m0/s1. The number of hydrogen-bond acceptors (Lipinski definition) is 5. The van der Waals surface area contributed by atoms with Crippen LogP contribution in [0.3, 0.4) is 0 Å². The molecule has 6 atom stereocenters. The molecular formula is C21H35NO5. The topological polar surface area (TPSA) is 101 Å². The highest BCUT2D eigenvalue weighted by molar-refractivity contribution is 5.96. The second kappa shape index (κ2) is 11.0. The van der Waals surface area contributed by atoms with Gasteiger partial charge in [0, 0.05) is 12.3 Å². The molecule has 6 nitrogen and oxygen atoms in total. The van der Waals surface area contributed by atoms with E-state index >= 15 is 0 Å². The number of carbonyl (C=O) groups excluding carboxylic acids is 1. The van der Waals surface area contributed by atoms with Gasteiger partial charge >= 0.3 is 0 Å². The Balaban J connectivity index is 1.77. The van der Waals surface area contributed by atoms with E-state index in [9.17, 15) is 20.1 Å². The second-order valence-corrected chi connectivity index (χ2v) is 7.81. The molecule has 2 rings (SSSR count). The maximum atomic E-state index is 11.3. The van der Waals surface area contributed by atoms with Gasteiger partial charge in [-0.3, -0.25) is 4.79 Å². The van der Waals surface area contributed by atoms with Gasteiger partial charge in [-0.2, -0.15) is 0 Å². The van der Waals surface area contributed by atoms with Gasteiger partial charge in [0.1, 0.15) is 12.8 Å². The van der Waals surface area contributed by atoms with Gasteiger partial charge in [-0.05, 0) is 31.6 Å². The van der Waals surface area contributed by atoms with Crippen LogP contribution in [0, 0.1) is 11.8 Å². The Bertz CT molecular complexity index is 521. The number of aliphatic hydroxyl groups excluding tert-OH is 4. The van der Waals surface area contributed by atoms with Crippen LogP contribution in [-0.4, -0.2) is 62.3 Å². The molecule has 4 N–H and O–H groups in total. The Kier molecular flexibility index (Phi) is 8.96. The molecule has 6 heteroatoms. The molecule has 1 aliphatic heterocycles. The van der Waals surface area contributed by atoms with Crippen molar-refractivity contribution in [3.63, 3.8) is 0 Å². The first-order valence-corrected chi connectivity index (χ1v) is 10.3. The molecule has 1 amide bonds. The number of carbonyl (C=O) groups is 1. The van der Waals surface area contributed by atoms with Crippen LogP contribution < -0.4 is 0 Å². The van der Waals surface area contributed by atoms with Crippen molar-refractivity contribution in [2.24, 2.45) is 11.8 Å². The van der Waals surface area contributed by atoms with Gasteiger partial charge in [0.05, 0.1) is 18.3 Å². The van der Waals surface area contributed by atoms with Gasteiger partial charge in [0.2, 0.25) is 5.91 Å². The molecule has 1 heterocycles. The molecular weight excluding hydrogens is 346 g/mol. The Morgan fingerprint density at radius 2 is 2.00 bits per heavy atom. The number of allylic oxidation sites excluding steroid dienone is 2. The molecule has 154 valence electrons. The maximum Gasteiger partial charge on any atom is 0.247 e. The van der Waals surface area contributed by atoms with E-state index in [1.807, 2.05) is 18.2 Å². The Labute approximate surface area is 162 Å². The van der Waals surface area contributed by atoms with E-state index in [2.05, 4.69) is 6.92 Å². The van der Waals surface area contributed by atoms with Crippen molar-refractivity contribution in [3.05, 3.63) is 24.3 Å². The Morgan fingerprint density at radius 1 is 1.22 bits per heavy atom. The summed E-state index contributed by atoms with van der Waals surface area (Å²) in [5.41, 5.74) is 0. The van der Waals surface area contributed by atoms with Crippen molar-refractivity contribution < 1.29 is 25.2 Å². The number of nitrogens with zero attached hydrogens (tertiary/aromatic N) is 1. The Hall–Kier alpha value is -1.21. The first-order valence-electron chi connectivity index (χ1n) is 10.3. The van der Waals surface area contributed by atoms with Crippen LogP contribution in [0.1, 0.15) is 58.3 Å². The minimum atomic E-state index is -0.584. The van der Waals surface area contributed by atoms with Crippen LogP contribution in [-0.2, 0) is 4.79 Å². The second-order valence-electron chi connectivity index (χ2n) is 7.81. The zero-order valence-corrected chi connectivity index (χ0v) is 16.3. The molecule has 2 aliphatic rings. The minimum Gasteiger partial charge on any atom is -0.393 e. The quantitative estimate of drug-likeness (QED) is 0.234. The predicted molar refractivity (Wildman–Crippen MR) is 104 cm³/mol. The predicted octanol–water partition coefficient (Wildman–Crippen LogP) is 1.73. The fraction of sp³-hybridized carbons (Fsp3) is 0.762. The number of amides is 1. The molecule has 1 saturated carbocycles. The zero-order chi connectivity index (χ0) is 19.8. The molecule has 0 aromatic carbocycles. The van der Waals surface area contributed by atoms with Crippen LogP contribution in [0.15, 0.2) is 24.3 Å². The fourth-order valence-corrected chi connectivity index (χ4v) is 3.99. The van der Waals surface area contributed by atoms with E-state index in [0.29, 0.717) is 19.3 Å². The van der Waals surface area contributed by atoms with E-state index in [1.54, 1.807) is 6.08 Å². The molecule has 0 radical (unpaired) electrons. The highest BCUT2D eigenvalue weighted by atomic mass is 16.3. The van der Waals surface area contributed by atoms with Gasteiger partial charge < -0.3 is 25.3 Å². The third-order valence-corrected chi connectivity index (χ3v) is 5.79. The van der Waals surface area contributed by atoms with Crippen LogP contribution >= 0.6 is 0 Å². The monoisotopic (exact) mass is 381 g/mol. The van der Waals surface area contributed by atoms with Crippen LogP contribution in [0.25, 0.3) is 0 Å². The first kappa shape index (κ1) is 22.1. The van der Waals surface area contributed by atoms with E-state index in [-0.39, 0.29) is 30.5 Å². The van der Waals surface area contributed by atoms with Gasteiger partial charge in [0.15, 0.2) is 0 Å². The summed E-state index contributed by atoms with van der Waals surface area (Å²) < 4.78 is 0. The summed E-state index contributed by atoms with van der Waals surface area (Å²) in [5, 5.41) is 39.5. The first-order chi connectivity index (χ1) is 13.0. The third-order valence-electron chi connectivity index (χ3n) is 5.79. The molecule has 0 aromatic rings. The van der Waals surface area contributed by atoms with Gasteiger partial charge in [-0.15, -0.1) is 0 Å². The highest BCUT2D eigenvalue weighted by Crippen LogP contribution is 2.36. The average molecular weight is 382 g/mol. The summed E-state index contributed by atoms with van der Waals surface area (Å²) in [7, 11) is 0. The highest BCUT2D eigenvalue weighted by Gasteiger charge is 2.44. The summed E-state index contributed by atoms with van der Waals surface area (Å²) in [6, 6.07) is -0.150. The maximum absolute atomic E-state index is 11.3. The van der Waals surface area contributed by atoms with Crippen molar-refractivity contribution in [2.45, 2.75) is 82.6 Å². The molecule has 0 aromatic heterocycles. The van der Waals surface area contributed by atoms with Gasteiger partial charge in [-0.1, -0.05) is 50.5 Å². The number of aliphatic hydroxyl groups is 4. The van der Waals surface area contributed by atoms with Gasteiger partial charge in [-0.25, -0.2) is 0 Å². The SMILES string of the molecule is CCCCC[C@H](O)/C=C/[C@@H]1[C@@H](C/C=C\CCC2C(=O)N2CO)[C@@H](O)C[C@H]1O. The summed E-state index contributed by atoms with van der Waals surface area (Å²) >= 11 is 0. The van der Waals surface area contributed by atoms with Crippen molar-refractivity contribution in [3.8, 4) is 0 Å². The van der Waals surface area contributed by atoms with Crippen LogP contribution in [0.5, 0.6) is 0 Å². The molecule has 0 bridgehead atoms. The number of rotatable bonds is 12. The molecule has 1 unspecified atom stereocenters. The summed E-state index contributed by atoms with van der Waals surface area (Å²) in [6.07, 6.45) is 12.4. The van der Waals surface area contributed by atoms with Crippen LogP contribution in [0.2, 0.25) is 0 Å². The van der Waals surface area contributed by atoms with Crippen molar-refractivity contribution in [2.75, 3.05) is 6.73 Å². The number of hydrogen-bond donors (Lipinski definition) is 4. The minimum absolute atomic E-state index is 0.00272. The summed E-state index contributed by atoms with van der Waals surface area (Å²) in [4.78, 5) is 12.7. The normalized spacial score (nSPS) is 32.1. The molecule has 2 fully saturated rings. The van der Waals surface area contributed by atoms with E-state index < -0.39 is 18.3 Å². The van der Waals surface area contributed by atoms with E-state index in [0.717, 1.165) is 32.1 Å². The van der Waals surface area contributed by atoms with E-state index in [1.165, 1.54) is 4.90 Å². The largest absolute Gasteiger partial charge is 0.393 e. The van der Waals surface area contributed by atoms with Gasteiger partial charge in [0.25, 0.3) is 0 Å². The fourth-order valence-electron chi connectivity index (χ4n) is 3.99. The average Bonchev–Trinajstić information content (AvgIpc) is 3.18. The molecule has 27 heavy (non-hydrogen) atoms. The van der Waals surface area contributed by atoms with Crippen molar-refractivity contribution in [1.29, 1.82) is 0 Å². The zero-order valence-electron chi connectivity index (χ0n) is 16.3. The summed E-state index contributed by atoms with van der Waals surface area (Å²) in [6.45, 7) is 1.92. The Morgan fingerprint density at radius 3 is 2.67 bits per heavy atom. The van der Waals surface area contributed by atoms with Crippen molar-refractivity contribution in [1.82, 2.24) is 4.90 Å².